The fraction of sp³-hybridized carbons (Fsp3) is 0.0870. The van der Waals surface area contributed by atoms with Crippen molar-refractivity contribution in [1.29, 1.82) is 0 Å². The van der Waals surface area contributed by atoms with E-state index < -0.39 is 39.7 Å². The Labute approximate surface area is 204 Å². The molecule has 0 radical (unpaired) electrons. The Morgan fingerprint density at radius 2 is 1.89 bits per heavy atom. The fourth-order valence-electron chi connectivity index (χ4n) is 3.14. The van der Waals surface area contributed by atoms with Crippen molar-refractivity contribution in [2.24, 2.45) is 0 Å². The lowest BCUT2D eigenvalue weighted by Crippen LogP contribution is -2.25. The van der Waals surface area contributed by atoms with E-state index in [1.54, 1.807) is 12.1 Å². The predicted octanol–water partition coefficient (Wildman–Crippen LogP) is 3.22. The normalized spacial score (nSPS) is 12.7. The number of nitrogens with one attached hydrogen (secondary N) is 2. The van der Waals surface area contributed by atoms with Gasteiger partial charge < -0.3 is 19.9 Å². The van der Waals surface area contributed by atoms with Gasteiger partial charge in [0.2, 0.25) is 0 Å². The highest BCUT2D eigenvalue weighted by molar-refractivity contribution is 7.92. The van der Waals surface area contributed by atoms with Crippen LogP contribution < -0.4 is 14.8 Å². The lowest BCUT2D eigenvalue weighted by Gasteiger charge is -2.18. The van der Waals surface area contributed by atoms with Gasteiger partial charge in [0, 0.05) is 5.56 Å². The van der Waals surface area contributed by atoms with Crippen LogP contribution in [0, 0.1) is 0 Å². The zero-order chi connectivity index (χ0) is 25.2. The number of hydrogen-bond donors (Lipinski definition) is 3. The Kier molecular flexibility index (Phi) is 6.63. The molecule has 3 aromatic rings. The van der Waals surface area contributed by atoms with Crippen molar-refractivity contribution < 1.29 is 37.4 Å². The summed E-state index contributed by atoms with van der Waals surface area (Å²) in [4.78, 5) is 36.1. The van der Waals surface area contributed by atoms with E-state index in [2.05, 4.69) is 10.0 Å². The topological polar surface area (TPSA) is 148 Å². The molecule has 10 nitrogen and oxygen atoms in total. The molecule has 0 aliphatic carbocycles. The first kappa shape index (κ1) is 24.0. The van der Waals surface area contributed by atoms with Crippen LogP contribution in [-0.4, -0.2) is 44.4 Å². The summed E-state index contributed by atoms with van der Waals surface area (Å²) in [6.45, 7) is -0.829. The summed E-state index contributed by atoms with van der Waals surface area (Å²) in [5, 5.41) is 12.8. The van der Waals surface area contributed by atoms with Gasteiger partial charge in [-0.15, -0.1) is 0 Å². The third-order valence-corrected chi connectivity index (χ3v) is 6.58. The molecule has 0 fully saturated rings. The fourth-order valence-corrected chi connectivity index (χ4v) is 4.49. The number of ketones is 1. The Morgan fingerprint density at radius 3 is 2.66 bits per heavy atom. The first-order valence-corrected chi connectivity index (χ1v) is 11.9. The van der Waals surface area contributed by atoms with Crippen molar-refractivity contribution in [2.45, 2.75) is 4.90 Å². The molecule has 3 N–H and O–H groups in total. The molecule has 180 valence electrons. The Balaban J connectivity index is 1.48. The van der Waals surface area contributed by atoms with E-state index in [-0.39, 0.29) is 33.7 Å². The number of hydrogen-bond acceptors (Lipinski definition) is 8. The summed E-state index contributed by atoms with van der Waals surface area (Å²) in [5.74, 6) is -2.22. The van der Waals surface area contributed by atoms with Gasteiger partial charge in [-0.25, -0.2) is 13.2 Å². The molecule has 1 heterocycles. The van der Waals surface area contributed by atoms with E-state index >= 15 is 0 Å². The van der Waals surface area contributed by atoms with Crippen LogP contribution in [0.5, 0.6) is 11.5 Å². The van der Waals surface area contributed by atoms with Crippen molar-refractivity contribution in [3.05, 3.63) is 76.8 Å². The number of ether oxygens (including phenoxy) is 2. The average molecular weight is 517 g/mol. The molecule has 0 spiro atoms. The van der Waals surface area contributed by atoms with E-state index in [0.717, 1.165) is 18.2 Å². The molecule has 0 aromatic heterocycles. The third kappa shape index (κ3) is 5.36. The maximum Gasteiger partial charge on any atom is 0.342 e. The highest BCUT2D eigenvalue weighted by Crippen LogP contribution is 2.29. The van der Waals surface area contributed by atoms with E-state index in [0.29, 0.717) is 11.4 Å². The number of rotatable bonds is 7. The largest absolute Gasteiger partial charge is 0.507 e. The standard InChI is InChI=1S/C23H17ClN2O8S/c24-16-3-1-2-4-17(16)26-35(31,32)14-6-7-19(27)15(10-14)23(30)34-11-20(28)13-5-8-21-18(9-13)25-22(29)12-33-21/h1-10,26-27H,11-12H2,(H,25,29). The van der Waals surface area contributed by atoms with E-state index in [1.165, 1.54) is 30.3 Å². The summed E-state index contributed by atoms with van der Waals surface area (Å²) >= 11 is 5.99. The van der Waals surface area contributed by atoms with Crippen LogP contribution in [-0.2, 0) is 19.6 Å². The second kappa shape index (κ2) is 9.65. The number of anilines is 2. The number of sulfonamides is 1. The number of carbonyl (C=O) groups excluding carboxylic acids is 3. The number of esters is 1. The molecular formula is C23H17ClN2O8S. The zero-order valence-corrected chi connectivity index (χ0v) is 19.4. The molecule has 0 bridgehead atoms. The molecule has 0 saturated heterocycles. The lowest BCUT2D eigenvalue weighted by molar-refractivity contribution is -0.118. The molecule has 3 aromatic carbocycles. The number of amides is 1. The summed E-state index contributed by atoms with van der Waals surface area (Å²) in [6.07, 6.45) is 0. The van der Waals surface area contributed by atoms with Crippen LogP contribution in [0.15, 0.2) is 65.6 Å². The monoisotopic (exact) mass is 516 g/mol. The summed E-state index contributed by atoms with van der Waals surface area (Å²) in [6, 6.07) is 13.5. The number of phenols is 1. The molecule has 12 heteroatoms. The number of phenolic OH excluding ortho intramolecular Hbond substituents is 1. The van der Waals surface area contributed by atoms with Crippen LogP contribution in [0.3, 0.4) is 0 Å². The van der Waals surface area contributed by atoms with Gasteiger partial charge in [0.1, 0.15) is 17.1 Å². The van der Waals surface area contributed by atoms with Crippen LogP contribution in [0.25, 0.3) is 0 Å². The van der Waals surface area contributed by atoms with Gasteiger partial charge in [-0.3, -0.25) is 14.3 Å². The van der Waals surface area contributed by atoms with E-state index in [9.17, 15) is 27.9 Å². The third-order valence-electron chi connectivity index (χ3n) is 4.89. The number of fused-ring (bicyclic) bond motifs is 1. The first-order chi connectivity index (χ1) is 16.6. The smallest absolute Gasteiger partial charge is 0.342 e. The SMILES string of the molecule is O=C1COc2ccc(C(=O)COC(=O)c3cc(S(=O)(=O)Nc4ccccc4Cl)ccc3O)cc2N1. The maximum absolute atomic E-state index is 12.7. The highest BCUT2D eigenvalue weighted by atomic mass is 35.5. The van der Waals surface area contributed by atoms with E-state index in [1.807, 2.05) is 0 Å². The number of Topliss-reactive ketones (excluding diaryl/α,β-unsaturated/α-hetero) is 1. The summed E-state index contributed by atoms with van der Waals surface area (Å²) < 4.78 is 38.0. The number of aromatic hydroxyl groups is 1. The first-order valence-electron chi connectivity index (χ1n) is 10.0. The molecular weight excluding hydrogens is 500 g/mol. The summed E-state index contributed by atoms with van der Waals surface area (Å²) in [7, 11) is -4.16. The average Bonchev–Trinajstić information content (AvgIpc) is 2.83. The van der Waals surface area contributed by atoms with Crippen LogP contribution in [0.1, 0.15) is 20.7 Å². The van der Waals surface area contributed by atoms with Gasteiger partial charge in [0.05, 0.1) is 21.3 Å². The molecule has 0 atom stereocenters. The van der Waals surface area contributed by atoms with Crippen molar-refractivity contribution in [3.63, 3.8) is 0 Å². The van der Waals surface area contributed by atoms with Crippen LogP contribution in [0.4, 0.5) is 11.4 Å². The summed E-state index contributed by atoms with van der Waals surface area (Å²) in [5.41, 5.74) is 0.126. The molecule has 4 rings (SSSR count). The minimum atomic E-state index is -4.16. The number of benzene rings is 3. The number of carbonyl (C=O) groups is 3. The minimum Gasteiger partial charge on any atom is -0.507 e. The van der Waals surface area contributed by atoms with Gasteiger partial charge in [-0.05, 0) is 48.5 Å². The van der Waals surface area contributed by atoms with Crippen LogP contribution >= 0.6 is 11.6 Å². The van der Waals surface area contributed by atoms with Crippen molar-refractivity contribution in [2.75, 3.05) is 23.3 Å². The van der Waals surface area contributed by atoms with E-state index in [4.69, 9.17) is 21.1 Å². The Bertz CT molecular complexity index is 1460. The number of halogens is 1. The van der Waals surface area contributed by atoms with Gasteiger partial charge in [-0.1, -0.05) is 23.7 Å². The van der Waals surface area contributed by atoms with Gasteiger partial charge in [0.25, 0.3) is 15.9 Å². The molecule has 35 heavy (non-hydrogen) atoms. The van der Waals surface area contributed by atoms with Crippen LogP contribution in [0.2, 0.25) is 5.02 Å². The highest BCUT2D eigenvalue weighted by Gasteiger charge is 2.23. The molecule has 1 amide bonds. The predicted molar refractivity (Wildman–Crippen MR) is 126 cm³/mol. The van der Waals surface area contributed by atoms with Gasteiger partial charge in [-0.2, -0.15) is 0 Å². The minimum absolute atomic E-state index is 0.128. The van der Waals surface area contributed by atoms with Crippen molar-refractivity contribution in [1.82, 2.24) is 0 Å². The van der Waals surface area contributed by atoms with Crippen molar-refractivity contribution in [3.8, 4) is 11.5 Å². The Hall–Kier alpha value is -4.09. The van der Waals surface area contributed by atoms with Crippen molar-refractivity contribution >= 4 is 50.7 Å². The molecule has 1 aliphatic rings. The zero-order valence-electron chi connectivity index (χ0n) is 17.8. The van der Waals surface area contributed by atoms with Gasteiger partial charge in [0.15, 0.2) is 19.0 Å². The molecule has 1 aliphatic heterocycles. The van der Waals surface area contributed by atoms with Gasteiger partial charge >= 0.3 is 5.97 Å². The quantitative estimate of drug-likeness (QED) is 0.320. The second-order valence-corrected chi connectivity index (χ2v) is 9.40. The maximum atomic E-state index is 12.7. The lowest BCUT2D eigenvalue weighted by atomic mass is 10.1. The second-order valence-electron chi connectivity index (χ2n) is 7.31. The molecule has 0 saturated carbocycles. The molecule has 0 unspecified atom stereocenters. The Morgan fingerprint density at radius 1 is 1.11 bits per heavy atom. The number of para-hydroxylation sites is 1.